The maximum atomic E-state index is 12.6. The molecule has 0 unspecified atom stereocenters. The summed E-state index contributed by atoms with van der Waals surface area (Å²) in [7, 11) is 0. The number of hydrogen-bond acceptors (Lipinski definition) is 5. The van der Waals surface area contributed by atoms with Gasteiger partial charge in [-0.25, -0.2) is 4.98 Å². The van der Waals surface area contributed by atoms with Crippen LogP contribution >= 0.6 is 11.3 Å². The number of Topliss-reactive ketones (excluding diaryl/α,β-unsaturated/α-hetero) is 1. The van der Waals surface area contributed by atoms with Crippen molar-refractivity contribution < 1.29 is 27.5 Å². The third-order valence-corrected chi connectivity index (χ3v) is 5.09. The molecule has 2 aromatic heterocycles. The molecule has 0 aliphatic heterocycles. The van der Waals surface area contributed by atoms with E-state index >= 15 is 0 Å². The molecule has 0 aliphatic rings. The molecule has 0 saturated carbocycles. The standard InChI is InChI=1S/C20H17F3N2O3S/c1-12-9-16(13(2)25(12)19-24-7-8-29-19)17(26)11-28-18(27)10-14-3-5-15(6-4-14)20(21,22)23/h3-9H,10-11H2,1-2H3. The smallest absolute Gasteiger partial charge is 0.416 e. The molecule has 9 heteroatoms. The van der Waals surface area contributed by atoms with Crippen LogP contribution in [-0.4, -0.2) is 27.9 Å². The van der Waals surface area contributed by atoms with Crippen molar-refractivity contribution in [1.29, 1.82) is 0 Å². The van der Waals surface area contributed by atoms with Crippen LogP contribution in [0.4, 0.5) is 13.2 Å². The van der Waals surface area contributed by atoms with Gasteiger partial charge in [0.05, 0.1) is 12.0 Å². The predicted molar refractivity (Wildman–Crippen MR) is 101 cm³/mol. The van der Waals surface area contributed by atoms with Crippen molar-refractivity contribution in [2.24, 2.45) is 0 Å². The van der Waals surface area contributed by atoms with E-state index in [1.165, 1.54) is 23.5 Å². The molecular weight excluding hydrogens is 405 g/mol. The molecule has 0 atom stereocenters. The van der Waals surface area contributed by atoms with Gasteiger partial charge in [0, 0.05) is 28.5 Å². The van der Waals surface area contributed by atoms with Crippen molar-refractivity contribution in [3.8, 4) is 5.13 Å². The lowest BCUT2D eigenvalue weighted by molar-refractivity contribution is -0.141. The van der Waals surface area contributed by atoms with Crippen molar-refractivity contribution in [3.63, 3.8) is 0 Å². The van der Waals surface area contributed by atoms with E-state index in [9.17, 15) is 22.8 Å². The summed E-state index contributed by atoms with van der Waals surface area (Å²) >= 11 is 1.44. The van der Waals surface area contributed by atoms with Gasteiger partial charge < -0.3 is 4.74 Å². The molecule has 5 nitrogen and oxygen atoms in total. The zero-order chi connectivity index (χ0) is 21.2. The lowest BCUT2D eigenvalue weighted by atomic mass is 10.1. The number of rotatable bonds is 6. The Hall–Kier alpha value is -2.94. The largest absolute Gasteiger partial charge is 0.457 e. The van der Waals surface area contributed by atoms with Crippen LogP contribution in [0, 0.1) is 13.8 Å². The van der Waals surface area contributed by atoms with Gasteiger partial charge in [-0.1, -0.05) is 12.1 Å². The van der Waals surface area contributed by atoms with Crippen LogP contribution in [0.5, 0.6) is 0 Å². The molecule has 0 amide bonds. The molecular formula is C20H17F3N2O3S. The van der Waals surface area contributed by atoms with Gasteiger partial charge in [0.1, 0.15) is 0 Å². The Bertz CT molecular complexity index is 1020. The van der Waals surface area contributed by atoms with Crippen LogP contribution in [0.25, 0.3) is 5.13 Å². The first-order valence-corrected chi connectivity index (χ1v) is 9.48. The Balaban J connectivity index is 1.61. The topological polar surface area (TPSA) is 61.2 Å². The summed E-state index contributed by atoms with van der Waals surface area (Å²) in [6.45, 7) is 3.19. The van der Waals surface area contributed by atoms with Gasteiger partial charge >= 0.3 is 12.1 Å². The number of ketones is 1. The minimum Gasteiger partial charge on any atom is -0.457 e. The third-order valence-electron chi connectivity index (χ3n) is 4.34. The quantitative estimate of drug-likeness (QED) is 0.432. The average Bonchev–Trinajstić information content (AvgIpc) is 3.27. The molecule has 1 aromatic carbocycles. The average molecular weight is 422 g/mol. The van der Waals surface area contributed by atoms with Crippen LogP contribution < -0.4 is 0 Å². The fourth-order valence-corrected chi connectivity index (χ4v) is 3.67. The number of hydrogen-bond donors (Lipinski definition) is 0. The minimum atomic E-state index is -4.43. The van der Waals surface area contributed by atoms with Crippen LogP contribution in [0.1, 0.15) is 32.9 Å². The molecule has 0 fully saturated rings. The second kappa shape index (κ2) is 8.20. The van der Waals surface area contributed by atoms with E-state index in [1.54, 1.807) is 19.2 Å². The summed E-state index contributed by atoms with van der Waals surface area (Å²) < 4.78 is 44.6. The van der Waals surface area contributed by atoms with Crippen molar-refractivity contribution in [3.05, 3.63) is 70.0 Å². The summed E-state index contributed by atoms with van der Waals surface area (Å²) in [5.41, 5.74) is 1.54. The molecule has 0 spiro atoms. The van der Waals surface area contributed by atoms with Gasteiger partial charge in [0.25, 0.3) is 0 Å². The molecule has 3 rings (SSSR count). The van der Waals surface area contributed by atoms with E-state index in [-0.39, 0.29) is 12.2 Å². The number of benzene rings is 1. The zero-order valence-corrected chi connectivity index (χ0v) is 16.4. The van der Waals surface area contributed by atoms with Crippen LogP contribution in [0.2, 0.25) is 0 Å². The number of thiazole rings is 1. The highest BCUT2D eigenvalue weighted by atomic mass is 32.1. The minimum absolute atomic E-state index is 0.219. The van der Waals surface area contributed by atoms with Gasteiger partial charge in [0.2, 0.25) is 5.78 Å². The first-order chi connectivity index (χ1) is 13.7. The Morgan fingerprint density at radius 1 is 1.17 bits per heavy atom. The van der Waals surface area contributed by atoms with Crippen LogP contribution in [0.3, 0.4) is 0 Å². The fraction of sp³-hybridized carbons (Fsp3) is 0.250. The molecule has 29 heavy (non-hydrogen) atoms. The number of halogens is 3. The molecule has 0 aliphatic carbocycles. The molecule has 3 aromatic rings. The molecule has 2 heterocycles. The van der Waals surface area contributed by atoms with Crippen molar-refractivity contribution >= 4 is 23.1 Å². The van der Waals surface area contributed by atoms with E-state index in [0.29, 0.717) is 16.8 Å². The second-order valence-electron chi connectivity index (χ2n) is 6.39. The highest BCUT2D eigenvalue weighted by molar-refractivity contribution is 7.12. The number of esters is 1. The van der Waals surface area contributed by atoms with E-state index in [0.717, 1.165) is 23.0 Å². The zero-order valence-electron chi connectivity index (χ0n) is 15.6. The van der Waals surface area contributed by atoms with Crippen LogP contribution in [-0.2, 0) is 22.1 Å². The molecule has 0 N–H and O–H groups in total. The molecule has 152 valence electrons. The Morgan fingerprint density at radius 3 is 2.45 bits per heavy atom. The first-order valence-electron chi connectivity index (χ1n) is 8.60. The molecule has 0 saturated heterocycles. The fourth-order valence-electron chi connectivity index (χ4n) is 2.92. The third kappa shape index (κ3) is 4.73. The SMILES string of the molecule is Cc1cc(C(=O)COC(=O)Cc2ccc(C(F)(F)F)cc2)c(C)n1-c1nccs1. The number of alkyl halides is 3. The second-order valence-corrected chi connectivity index (χ2v) is 7.26. The first kappa shape index (κ1) is 20.8. The molecule has 0 bridgehead atoms. The van der Waals surface area contributed by atoms with E-state index in [1.807, 2.05) is 16.9 Å². The monoisotopic (exact) mass is 422 g/mol. The van der Waals surface area contributed by atoms with Crippen LogP contribution in [0.15, 0.2) is 41.9 Å². The summed E-state index contributed by atoms with van der Waals surface area (Å²) in [4.78, 5) is 28.7. The summed E-state index contributed by atoms with van der Waals surface area (Å²) in [5.74, 6) is -1.05. The van der Waals surface area contributed by atoms with Crippen molar-refractivity contribution in [2.45, 2.75) is 26.4 Å². The highest BCUT2D eigenvalue weighted by Crippen LogP contribution is 2.29. The summed E-state index contributed by atoms with van der Waals surface area (Å²) in [6.07, 6.45) is -2.98. The lowest BCUT2D eigenvalue weighted by Crippen LogP contribution is -2.16. The van der Waals surface area contributed by atoms with Gasteiger partial charge in [-0.2, -0.15) is 13.2 Å². The normalized spacial score (nSPS) is 11.5. The number of nitrogens with zero attached hydrogens (tertiary/aromatic N) is 2. The van der Waals surface area contributed by atoms with E-state index in [4.69, 9.17) is 4.74 Å². The molecule has 0 radical (unpaired) electrons. The Morgan fingerprint density at radius 2 is 1.86 bits per heavy atom. The Kier molecular flexibility index (Phi) is 5.88. The number of aryl methyl sites for hydroxylation is 1. The van der Waals surface area contributed by atoms with Gasteiger partial charge in [0.15, 0.2) is 11.7 Å². The van der Waals surface area contributed by atoms with Crippen molar-refractivity contribution in [1.82, 2.24) is 9.55 Å². The summed E-state index contributed by atoms with van der Waals surface area (Å²) in [6, 6.07) is 5.95. The van der Waals surface area contributed by atoms with Gasteiger partial charge in [-0.05, 0) is 37.6 Å². The number of ether oxygens (including phenoxy) is 1. The number of aromatic nitrogens is 2. The number of carbonyl (C=O) groups excluding carboxylic acids is 2. The maximum Gasteiger partial charge on any atom is 0.416 e. The maximum absolute atomic E-state index is 12.6. The summed E-state index contributed by atoms with van der Waals surface area (Å²) in [5, 5.41) is 2.57. The van der Waals surface area contributed by atoms with Gasteiger partial charge in [-0.15, -0.1) is 11.3 Å². The van der Waals surface area contributed by atoms with Crippen molar-refractivity contribution in [2.75, 3.05) is 6.61 Å². The lowest BCUT2D eigenvalue weighted by Gasteiger charge is -2.08. The number of carbonyl (C=O) groups is 2. The Labute approximate surface area is 168 Å². The van der Waals surface area contributed by atoms with E-state index in [2.05, 4.69) is 4.98 Å². The highest BCUT2D eigenvalue weighted by Gasteiger charge is 2.30. The van der Waals surface area contributed by atoms with E-state index < -0.39 is 24.3 Å². The predicted octanol–water partition coefficient (Wildman–Crippen LogP) is 4.54. The van der Waals surface area contributed by atoms with Gasteiger partial charge in [-0.3, -0.25) is 14.2 Å².